The van der Waals surface area contributed by atoms with Crippen molar-refractivity contribution in [2.45, 2.75) is 32.5 Å². The Morgan fingerprint density at radius 1 is 1.23 bits per heavy atom. The average Bonchev–Trinajstić information content (AvgIpc) is 2.72. The summed E-state index contributed by atoms with van der Waals surface area (Å²) >= 11 is 0. The summed E-state index contributed by atoms with van der Waals surface area (Å²) in [5.41, 5.74) is 2.25. The third-order valence-electron chi connectivity index (χ3n) is 3.62. The molecule has 0 saturated carbocycles. The zero-order chi connectivity index (χ0) is 16.2. The molecule has 0 unspecified atom stereocenters. The van der Waals surface area contributed by atoms with Gasteiger partial charge in [-0.15, -0.1) is 0 Å². The number of carbonyl (C=O) groups is 1. The first-order valence-electron chi connectivity index (χ1n) is 7.32. The van der Waals surface area contributed by atoms with Crippen LogP contribution in [0, 0.1) is 6.92 Å². The van der Waals surface area contributed by atoms with Crippen LogP contribution in [0.3, 0.4) is 0 Å². The van der Waals surface area contributed by atoms with Crippen LogP contribution >= 0.6 is 0 Å². The predicted octanol–water partition coefficient (Wildman–Crippen LogP) is 0.996. The lowest BCUT2D eigenvalue weighted by Crippen LogP contribution is -2.49. The van der Waals surface area contributed by atoms with Crippen LogP contribution in [0.25, 0.3) is 0 Å². The summed E-state index contributed by atoms with van der Waals surface area (Å²) in [5.74, 6) is -0.0344. The van der Waals surface area contributed by atoms with Crippen molar-refractivity contribution in [2.24, 2.45) is 0 Å². The molecule has 122 valence electrons. The fraction of sp³-hybridized carbons (Fsp3) is 0.533. The van der Waals surface area contributed by atoms with Crippen molar-refractivity contribution >= 4 is 15.9 Å². The van der Waals surface area contributed by atoms with Gasteiger partial charge in [0.05, 0.1) is 24.2 Å². The third-order valence-corrected chi connectivity index (χ3v) is 5.35. The van der Waals surface area contributed by atoms with Crippen molar-refractivity contribution in [3.63, 3.8) is 0 Å². The number of hydrogen-bond donors (Lipinski definition) is 2. The maximum atomic E-state index is 11.8. The number of rotatable bonds is 5. The van der Waals surface area contributed by atoms with E-state index in [0.29, 0.717) is 6.54 Å². The second-order valence-corrected chi connectivity index (χ2v) is 7.68. The van der Waals surface area contributed by atoms with E-state index in [1.54, 1.807) is 6.92 Å². The maximum Gasteiger partial charge on any atom is 0.407 e. The molecule has 0 spiro atoms. The number of hydrogen-bond acceptors (Lipinski definition) is 5. The predicted molar refractivity (Wildman–Crippen MR) is 84.4 cm³/mol. The molecule has 1 aromatic carbocycles. The van der Waals surface area contributed by atoms with Gasteiger partial charge in [-0.1, -0.05) is 29.8 Å². The first-order chi connectivity index (χ1) is 10.4. The van der Waals surface area contributed by atoms with E-state index in [1.165, 1.54) is 5.56 Å². The van der Waals surface area contributed by atoms with Gasteiger partial charge in [-0.25, -0.2) is 13.2 Å². The number of nitrogens with one attached hydrogen (secondary N) is 2. The average molecular weight is 326 g/mol. The molecule has 1 amide bonds. The Balaban J connectivity index is 1.97. The van der Waals surface area contributed by atoms with Crippen LogP contribution in [0.4, 0.5) is 4.79 Å². The number of amides is 1. The fourth-order valence-corrected chi connectivity index (χ4v) is 4.37. The van der Waals surface area contributed by atoms with Gasteiger partial charge in [-0.2, -0.15) is 0 Å². The molecule has 1 aromatic rings. The number of carbonyl (C=O) groups excluding carboxylic acids is 1. The van der Waals surface area contributed by atoms with E-state index in [2.05, 4.69) is 10.6 Å². The highest BCUT2D eigenvalue weighted by Gasteiger charge is 2.38. The van der Waals surface area contributed by atoms with E-state index < -0.39 is 22.0 Å². The largest absolute Gasteiger partial charge is 0.450 e. The highest BCUT2D eigenvalue weighted by Crippen LogP contribution is 2.14. The zero-order valence-electron chi connectivity index (χ0n) is 12.8. The standard InChI is InChI=1S/C15H22N2O4S/c1-3-21-15(18)17-14-10-22(19,20)9-13(14)16-8-12-6-4-11(2)5-7-12/h4-7,13-14,16H,3,8-10H2,1-2H3,(H,17,18)/t13-,14+/m1/s1. The van der Waals surface area contributed by atoms with Crippen molar-refractivity contribution in [3.8, 4) is 0 Å². The minimum atomic E-state index is -3.15. The van der Waals surface area contributed by atoms with Crippen LogP contribution in [0.2, 0.25) is 0 Å². The summed E-state index contributed by atoms with van der Waals surface area (Å²) < 4.78 is 28.5. The molecule has 0 aromatic heterocycles. The molecule has 6 nitrogen and oxygen atoms in total. The summed E-state index contributed by atoms with van der Waals surface area (Å²) in [5, 5.41) is 5.85. The van der Waals surface area contributed by atoms with Gasteiger partial charge < -0.3 is 15.4 Å². The number of benzene rings is 1. The molecule has 7 heteroatoms. The lowest BCUT2D eigenvalue weighted by Gasteiger charge is -2.20. The van der Waals surface area contributed by atoms with Crippen molar-refractivity contribution in [3.05, 3.63) is 35.4 Å². The van der Waals surface area contributed by atoms with Crippen LogP contribution < -0.4 is 10.6 Å². The SMILES string of the molecule is CCOC(=O)N[C@H]1CS(=O)(=O)C[C@H]1NCc1ccc(C)cc1. The summed E-state index contributed by atoms with van der Waals surface area (Å²) in [4.78, 5) is 11.5. The zero-order valence-corrected chi connectivity index (χ0v) is 13.7. The highest BCUT2D eigenvalue weighted by molar-refractivity contribution is 7.91. The molecule has 0 radical (unpaired) electrons. The van der Waals surface area contributed by atoms with Gasteiger partial charge in [-0.05, 0) is 19.4 Å². The second kappa shape index (κ2) is 7.11. The van der Waals surface area contributed by atoms with Gasteiger partial charge in [0.2, 0.25) is 0 Å². The second-order valence-electron chi connectivity index (χ2n) is 5.52. The first kappa shape index (κ1) is 16.8. The van der Waals surface area contributed by atoms with Crippen molar-refractivity contribution in [2.75, 3.05) is 18.1 Å². The maximum absolute atomic E-state index is 11.8. The summed E-state index contributed by atoms with van der Waals surface area (Å²) in [6.45, 7) is 4.53. The molecule has 1 saturated heterocycles. The van der Waals surface area contributed by atoms with Crippen molar-refractivity contribution in [1.82, 2.24) is 10.6 Å². The summed E-state index contributed by atoms with van der Waals surface area (Å²) in [7, 11) is -3.15. The Labute approximate surface area is 131 Å². The minimum Gasteiger partial charge on any atom is -0.450 e. The molecular formula is C15H22N2O4S. The fourth-order valence-electron chi connectivity index (χ4n) is 2.47. The normalized spacial score (nSPS) is 23.2. The van der Waals surface area contributed by atoms with Gasteiger partial charge >= 0.3 is 6.09 Å². The third kappa shape index (κ3) is 4.71. The molecule has 1 aliphatic heterocycles. The van der Waals surface area contributed by atoms with Gasteiger partial charge in [0, 0.05) is 12.6 Å². The topological polar surface area (TPSA) is 84.5 Å². The molecular weight excluding hydrogens is 304 g/mol. The van der Waals surface area contributed by atoms with Gasteiger partial charge in [-0.3, -0.25) is 0 Å². The smallest absolute Gasteiger partial charge is 0.407 e. The Kier molecular flexibility index (Phi) is 5.42. The number of alkyl carbamates (subject to hydrolysis) is 1. The van der Waals surface area contributed by atoms with Crippen LogP contribution in [-0.4, -0.2) is 44.7 Å². The monoisotopic (exact) mass is 326 g/mol. The molecule has 1 heterocycles. The van der Waals surface area contributed by atoms with Gasteiger partial charge in [0.15, 0.2) is 9.84 Å². The van der Waals surface area contributed by atoms with Gasteiger partial charge in [0.25, 0.3) is 0 Å². The molecule has 2 atom stereocenters. The lowest BCUT2D eigenvalue weighted by molar-refractivity contribution is 0.147. The molecule has 0 aliphatic carbocycles. The Hall–Kier alpha value is -1.60. The Morgan fingerprint density at radius 2 is 1.86 bits per heavy atom. The number of aryl methyl sites for hydroxylation is 1. The summed E-state index contributed by atoms with van der Waals surface area (Å²) in [6.07, 6.45) is -0.577. The van der Waals surface area contributed by atoms with Crippen LogP contribution in [0.1, 0.15) is 18.1 Å². The van der Waals surface area contributed by atoms with E-state index in [-0.39, 0.29) is 24.2 Å². The minimum absolute atomic E-state index is 0.0237. The number of ether oxygens (including phenoxy) is 1. The molecule has 1 fully saturated rings. The molecule has 2 rings (SSSR count). The van der Waals surface area contributed by atoms with E-state index in [1.807, 2.05) is 31.2 Å². The molecule has 0 bridgehead atoms. The Bertz CT molecular complexity index is 613. The van der Waals surface area contributed by atoms with E-state index >= 15 is 0 Å². The summed E-state index contributed by atoms with van der Waals surface area (Å²) in [6, 6.07) is 7.25. The molecule has 1 aliphatic rings. The lowest BCUT2D eigenvalue weighted by atomic mass is 10.1. The van der Waals surface area contributed by atoms with E-state index in [4.69, 9.17) is 4.74 Å². The highest BCUT2D eigenvalue weighted by atomic mass is 32.2. The van der Waals surface area contributed by atoms with Crippen LogP contribution in [0.15, 0.2) is 24.3 Å². The number of sulfone groups is 1. The van der Waals surface area contributed by atoms with Gasteiger partial charge in [0.1, 0.15) is 0 Å². The quantitative estimate of drug-likeness (QED) is 0.843. The first-order valence-corrected chi connectivity index (χ1v) is 9.14. The van der Waals surface area contributed by atoms with Crippen molar-refractivity contribution in [1.29, 1.82) is 0 Å². The van der Waals surface area contributed by atoms with E-state index in [0.717, 1.165) is 5.56 Å². The van der Waals surface area contributed by atoms with Crippen LogP contribution in [-0.2, 0) is 21.1 Å². The Morgan fingerprint density at radius 3 is 2.50 bits per heavy atom. The van der Waals surface area contributed by atoms with Crippen molar-refractivity contribution < 1.29 is 17.9 Å². The van der Waals surface area contributed by atoms with Crippen LogP contribution in [0.5, 0.6) is 0 Å². The molecule has 2 N–H and O–H groups in total. The molecule has 22 heavy (non-hydrogen) atoms. The van der Waals surface area contributed by atoms with E-state index in [9.17, 15) is 13.2 Å².